The minimum absolute atomic E-state index is 0.0386. The molecule has 1 aliphatic heterocycles. The number of rotatable bonds is 6. The fourth-order valence-electron chi connectivity index (χ4n) is 4.46. The molecule has 2 aliphatic rings. The lowest BCUT2D eigenvalue weighted by Crippen LogP contribution is -2.39. The molecule has 5 nitrogen and oxygen atoms in total. The summed E-state index contributed by atoms with van der Waals surface area (Å²) in [4.78, 5) is 12.7. The number of ether oxygens (including phenoxy) is 2. The van der Waals surface area contributed by atoms with E-state index in [1.54, 1.807) is 0 Å². The van der Waals surface area contributed by atoms with Crippen LogP contribution in [0.3, 0.4) is 0 Å². The first-order valence-electron chi connectivity index (χ1n) is 11.1. The summed E-state index contributed by atoms with van der Waals surface area (Å²) in [6.07, 6.45) is 4.10. The van der Waals surface area contributed by atoms with Gasteiger partial charge >= 0.3 is 0 Å². The third kappa shape index (κ3) is 4.78. The largest absolute Gasteiger partial charge is 0.490 e. The average Bonchev–Trinajstić information content (AvgIpc) is 2.99. The van der Waals surface area contributed by atoms with Crippen LogP contribution in [-0.4, -0.2) is 25.7 Å². The van der Waals surface area contributed by atoms with Gasteiger partial charge in [0.2, 0.25) is 5.91 Å². The first kappa shape index (κ1) is 20.7. The molecule has 0 fully saturated rings. The van der Waals surface area contributed by atoms with E-state index >= 15 is 0 Å². The molecule has 0 saturated heterocycles. The zero-order valence-corrected chi connectivity index (χ0v) is 17.9. The van der Waals surface area contributed by atoms with Crippen LogP contribution < -0.4 is 20.1 Å². The van der Waals surface area contributed by atoms with Gasteiger partial charge in [0.15, 0.2) is 11.5 Å². The molecule has 0 spiro atoms. The van der Waals surface area contributed by atoms with Gasteiger partial charge in [-0.3, -0.25) is 4.79 Å². The molecule has 0 bridgehead atoms. The van der Waals surface area contributed by atoms with Crippen LogP contribution in [-0.2, 0) is 11.2 Å². The summed E-state index contributed by atoms with van der Waals surface area (Å²) < 4.78 is 11.6. The Bertz CT molecular complexity index is 880. The highest BCUT2D eigenvalue weighted by Gasteiger charge is 2.23. The molecule has 2 atom stereocenters. The van der Waals surface area contributed by atoms with Crippen LogP contribution in [0.1, 0.15) is 61.9 Å². The molecule has 2 aromatic rings. The zero-order valence-electron chi connectivity index (χ0n) is 17.9. The molecule has 0 unspecified atom stereocenters. The Morgan fingerprint density at radius 2 is 1.87 bits per heavy atom. The van der Waals surface area contributed by atoms with Gasteiger partial charge in [0.1, 0.15) is 0 Å². The number of hydrogen-bond donors (Lipinski definition) is 2. The number of carbonyl (C=O) groups excluding carboxylic acids is 1. The van der Waals surface area contributed by atoms with Gasteiger partial charge in [-0.25, -0.2) is 0 Å². The predicted octanol–water partition coefficient (Wildman–Crippen LogP) is 4.33. The van der Waals surface area contributed by atoms with Crippen molar-refractivity contribution in [3.63, 3.8) is 0 Å². The molecule has 4 rings (SSSR count). The number of carbonyl (C=O) groups is 1. The smallest absolute Gasteiger partial charge is 0.234 e. The molecule has 0 radical (unpaired) electrons. The minimum Gasteiger partial charge on any atom is -0.490 e. The Morgan fingerprint density at radius 3 is 2.70 bits per heavy atom. The van der Waals surface area contributed by atoms with E-state index in [0.717, 1.165) is 42.7 Å². The van der Waals surface area contributed by atoms with Gasteiger partial charge in [-0.15, -0.1) is 0 Å². The summed E-state index contributed by atoms with van der Waals surface area (Å²) in [6, 6.07) is 14.7. The fraction of sp³-hybridized carbons (Fsp3) is 0.480. The quantitative estimate of drug-likeness (QED) is 0.747. The summed E-state index contributed by atoms with van der Waals surface area (Å²) >= 11 is 0. The molecule has 0 aromatic heterocycles. The van der Waals surface area contributed by atoms with Crippen molar-refractivity contribution in [2.24, 2.45) is 5.92 Å². The van der Waals surface area contributed by atoms with Crippen LogP contribution in [0.2, 0.25) is 0 Å². The molecule has 1 amide bonds. The van der Waals surface area contributed by atoms with Crippen molar-refractivity contribution in [1.29, 1.82) is 0 Å². The second-order valence-electron chi connectivity index (χ2n) is 8.57. The maximum absolute atomic E-state index is 12.7. The standard InChI is InChI=1S/C25H32N2O3/c1-17(2)25(19-11-12-22-23(15-19)30-14-6-13-29-22)26-16-24(28)27-21-10-5-8-18-7-3-4-9-20(18)21/h3-4,7,9,11-12,15,17,21,25-26H,5-6,8,10,13-14,16H2,1-2H3,(H,27,28)/t21-,25+/m0/s1. The highest BCUT2D eigenvalue weighted by Crippen LogP contribution is 2.34. The number of nitrogens with one attached hydrogen (secondary N) is 2. The molecule has 30 heavy (non-hydrogen) atoms. The molecule has 2 N–H and O–H groups in total. The lowest BCUT2D eigenvalue weighted by Gasteiger charge is -2.27. The lowest BCUT2D eigenvalue weighted by molar-refractivity contribution is -0.121. The van der Waals surface area contributed by atoms with Crippen LogP contribution in [0.4, 0.5) is 0 Å². The normalized spacial score (nSPS) is 19.0. The van der Waals surface area contributed by atoms with Gasteiger partial charge in [-0.2, -0.15) is 0 Å². The molecule has 1 aliphatic carbocycles. The third-order valence-electron chi connectivity index (χ3n) is 5.98. The zero-order chi connectivity index (χ0) is 20.9. The fourth-order valence-corrected chi connectivity index (χ4v) is 4.46. The van der Waals surface area contributed by atoms with Gasteiger partial charge in [0.25, 0.3) is 0 Å². The number of aryl methyl sites for hydroxylation is 1. The summed E-state index contributed by atoms with van der Waals surface area (Å²) in [5, 5.41) is 6.70. The monoisotopic (exact) mass is 408 g/mol. The van der Waals surface area contributed by atoms with Crippen LogP contribution in [0, 0.1) is 5.92 Å². The maximum atomic E-state index is 12.7. The third-order valence-corrected chi connectivity index (χ3v) is 5.98. The van der Waals surface area contributed by atoms with E-state index < -0.39 is 0 Å². The minimum atomic E-state index is 0.0386. The van der Waals surface area contributed by atoms with E-state index in [4.69, 9.17) is 9.47 Å². The van der Waals surface area contributed by atoms with Gasteiger partial charge < -0.3 is 20.1 Å². The van der Waals surface area contributed by atoms with Crippen LogP contribution in [0.15, 0.2) is 42.5 Å². The van der Waals surface area contributed by atoms with Crippen molar-refractivity contribution in [2.45, 2.75) is 51.6 Å². The maximum Gasteiger partial charge on any atom is 0.234 e. The number of benzene rings is 2. The molecular formula is C25H32N2O3. The first-order chi connectivity index (χ1) is 14.6. The number of fused-ring (bicyclic) bond motifs is 2. The van der Waals surface area contributed by atoms with Gasteiger partial charge in [0, 0.05) is 12.5 Å². The summed E-state index contributed by atoms with van der Waals surface area (Å²) in [7, 11) is 0. The summed E-state index contributed by atoms with van der Waals surface area (Å²) in [5.74, 6) is 1.96. The SMILES string of the molecule is CC(C)[C@@H](NCC(=O)N[C@H]1CCCc2ccccc21)c1ccc2c(c1)OCCCO2. The van der Waals surface area contributed by atoms with Crippen molar-refractivity contribution in [3.8, 4) is 11.5 Å². The van der Waals surface area contributed by atoms with Crippen molar-refractivity contribution in [2.75, 3.05) is 19.8 Å². The van der Waals surface area contributed by atoms with Gasteiger partial charge in [0.05, 0.1) is 25.8 Å². The summed E-state index contributed by atoms with van der Waals surface area (Å²) in [5.41, 5.74) is 3.74. The highest BCUT2D eigenvalue weighted by molar-refractivity contribution is 5.78. The van der Waals surface area contributed by atoms with Gasteiger partial charge in [-0.05, 0) is 54.0 Å². The van der Waals surface area contributed by atoms with Crippen molar-refractivity contribution in [1.82, 2.24) is 10.6 Å². The number of amides is 1. The molecule has 1 heterocycles. The van der Waals surface area contributed by atoms with E-state index in [2.05, 4.69) is 54.8 Å². The van der Waals surface area contributed by atoms with Crippen molar-refractivity contribution < 1.29 is 14.3 Å². The van der Waals surface area contributed by atoms with Crippen LogP contribution >= 0.6 is 0 Å². The summed E-state index contributed by atoms with van der Waals surface area (Å²) in [6.45, 7) is 5.96. The Morgan fingerprint density at radius 1 is 1.07 bits per heavy atom. The van der Waals surface area contributed by atoms with E-state index in [-0.39, 0.29) is 24.5 Å². The second-order valence-corrected chi connectivity index (χ2v) is 8.57. The van der Waals surface area contributed by atoms with E-state index in [1.165, 1.54) is 11.1 Å². The Labute approximate surface area is 179 Å². The topological polar surface area (TPSA) is 59.6 Å². The van der Waals surface area contributed by atoms with E-state index in [9.17, 15) is 4.79 Å². The van der Waals surface area contributed by atoms with Crippen molar-refractivity contribution in [3.05, 3.63) is 59.2 Å². The second kappa shape index (κ2) is 9.52. The van der Waals surface area contributed by atoms with Gasteiger partial charge in [-0.1, -0.05) is 44.2 Å². The molecular weight excluding hydrogens is 376 g/mol. The molecule has 160 valence electrons. The Balaban J connectivity index is 1.40. The van der Waals surface area contributed by atoms with Crippen molar-refractivity contribution >= 4 is 5.91 Å². The Hall–Kier alpha value is -2.53. The molecule has 5 heteroatoms. The molecule has 0 saturated carbocycles. The lowest BCUT2D eigenvalue weighted by atomic mass is 9.88. The average molecular weight is 409 g/mol. The first-order valence-corrected chi connectivity index (χ1v) is 11.1. The van der Waals surface area contributed by atoms with E-state index in [0.29, 0.717) is 19.1 Å². The van der Waals surface area contributed by atoms with E-state index in [1.807, 2.05) is 12.1 Å². The van der Waals surface area contributed by atoms with Crippen LogP contribution in [0.5, 0.6) is 11.5 Å². The predicted molar refractivity (Wildman–Crippen MR) is 118 cm³/mol. The molecule has 2 aromatic carbocycles. The van der Waals surface area contributed by atoms with Crippen LogP contribution in [0.25, 0.3) is 0 Å². The number of hydrogen-bond acceptors (Lipinski definition) is 4. The highest BCUT2D eigenvalue weighted by atomic mass is 16.5. The Kier molecular flexibility index (Phi) is 6.58.